The number of nitrogen functional groups attached to an aromatic ring is 1. The molecule has 4 N–H and O–H groups in total. The second-order valence-electron chi connectivity index (χ2n) is 3.40. The number of hydrogen-bond donors (Lipinski definition) is 2. The number of benzene rings is 1. The van der Waals surface area contributed by atoms with Crippen LogP contribution in [0.4, 0.5) is 5.69 Å². The Morgan fingerprint density at radius 1 is 1.38 bits per heavy atom. The van der Waals surface area contributed by atoms with E-state index in [-0.39, 0.29) is 0 Å². The molecule has 1 aliphatic heterocycles. The highest BCUT2D eigenvalue weighted by Gasteiger charge is 2.04. The van der Waals surface area contributed by atoms with Gasteiger partial charge in [0.15, 0.2) is 0 Å². The predicted molar refractivity (Wildman–Crippen MR) is 64.6 cm³/mol. The van der Waals surface area contributed by atoms with Crippen molar-refractivity contribution in [2.24, 2.45) is 5.84 Å². The number of ether oxygens (including phenoxy) is 1. The fraction of sp³-hybridized carbons (Fsp3) is 0.0909. The van der Waals surface area contributed by atoms with Gasteiger partial charge in [-0.2, -0.15) is 0 Å². The molecule has 1 aliphatic rings. The van der Waals surface area contributed by atoms with Gasteiger partial charge < -0.3 is 15.5 Å². The summed E-state index contributed by atoms with van der Waals surface area (Å²) in [6, 6.07) is 5.16. The lowest BCUT2D eigenvalue weighted by Crippen LogP contribution is -2.27. The van der Waals surface area contributed by atoms with E-state index in [9.17, 15) is 0 Å². The number of rotatable bonds is 2. The van der Waals surface area contributed by atoms with Gasteiger partial charge in [-0.1, -0.05) is 11.6 Å². The van der Waals surface area contributed by atoms with Crippen molar-refractivity contribution in [1.29, 1.82) is 0 Å². The molecule has 2 rings (SSSR count). The molecule has 0 unspecified atom stereocenters. The van der Waals surface area contributed by atoms with Crippen LogP contribution in [0.1, 0.15) is 0 Å². The Morgan fingerprint density at radius 2 is 2.19 bits per heavy atom. The zero-order chi connectivity index (χ0) is 11.5. The molecule has 0 amide bonds. The molecule has 4 nitrogen and oxygen atoms in total. The summed E-state index contributed by atoms with van der Waals surface area (Å²) in [6.45, 7) is 0.620. The van der Waals surface area contributed by atoms with Gasteiger partial charge >= 0.3 is 0 Å². The maximum absolute atomic E-state index is 5.88. The number of hydrazine groups is 1. The summed E-state index contributed by atoms with van der Waals surface area (Å²) in [7, 11) is 0. The SMILES string of the molecule is Nc1ccc(OC2=CCN(N)C=C2)cc1Cl. The standard InChI is InChI=1S/C11H12ClN3O/c12-10-7-9(1-2-11(10)13)16-8-3-5-15(14)6-4-8/h1-5,7H,6,13-14H2. The van der Waals surface area contributed by atoms with E-state index in [1.807, 2.05) is 6.08 Å². The highest BCUT2D eigenvalue weighted by molar-refractivity contribution is 6.33. The minimum absolute atomic E-state index is 0.485. The zero-order valence-corrected chi connectivity index (χ0v) is 9.32. The van der Waals surface area contributed by atoms with Crippen molar-refractivity contribution in [1.82, 2.24) is 5.01 Å². The summed E-state index contributed by atoms with van der Waals surface area (Å²) in [5.74, 6) is 6.93. The van der Waals surface area contributed by atoms with Crippen molar-refractivity contribution in [2.75, 3.05) is 12.3 Å². The van der Waals surface area contributed by atoms with E-state index in [1.165, 1.54) is 0 Å². The number of nitrogens with zero attached hydrogens (tertiary/aromatic N) is 1. The van der Waals surface area contributed by atoms with Crippen LogP contribution in [-0.2, 0) is 0 Å². The third-order valence-electron chi connectivity index (χ3n) is 2.14. The molecule has 84 valence electrons. The molecule has 1 heterocycles. The molecular weight excluding hydrogens is 226 g/mol. The molecule has 0 atom stereocenters. The lowest BCUT2D eigenvalue weighted by molar-refractivity contribution is 0.391. The molecule has 0 aromatic heterocycles. The first-order valence-electron chi connectivity index (χ1n) is 4.78. The van der Waals surface area contributed by atoms with E-state index in [0.29, 0.717) is 23.0 Å². The quantitative estimate of drug-likeness (QED) is 0.609. The molecule has 0 radical (unpaired) electrons. The zero-order valence-electron chi connectivity index (χ0n) is 8.56. The van der Waals surface area contributed by atoms with Crippen LogP contribution in [0.2, 0.25) is 5.02 Å². The first-order chi connectivity index (χ1) is 7.65. The van der Waals surface area contributed by atoms with E-state index >= 15 is 0 Å². The molecule has 0 aliphatic carbocycles. The first-order valence-corrected chi connectivity index (χ1v) is 5.15. The molecule has 0 saturated carbocycles. The van der Waals surface area contributed by atoms with Crippen molar-refractivity contribution in [3.63, 3.8) is 0 Å². The van der Waals surface area contributed by atoms with E-state index in [0.717, 1.165) is 5.76 Å². The summed E-state index contributed by atoms with van der Waals surface area (Å²) >= 11 is 5.88. The van der Waals surface area contributed by atoms with Crippen LogP contribution >= 0.6 is 11.6 Å². The maximum Gasteiger partial charge on any atom is 0.129 e. The number of nitrogens with two attached hydrogens (primary N) is 2. The average Bonchev–Trinajstić information content (AvgIpc) is 2.27. The van der Waals surface area contributed by atoms with Crippen LogP contribution < -0.4 is 16.3 Å². The molecule has 0 bridgehead atoms. The van der Waals surface area contributed by atoms with Gasteiger partial charge in [-0.15, -0.1) is 0 Å². The van der Waals surface area contributed by atoms with E-state index in [1.54, 1.807) is 35.5 Å². The third-order valence-corrected chi connectivity index (χ3v) is 2.47. The van der Waals surface area contributed by atoms with Gasteiger partial charge in [0.05, 0.1) is 17.3 Å². The fourth-order valence-corrected chi connectivity index (χ4v) is 1.45. The molecule has 0 spiro atoms. The molecule has 0 fully saturated rings. The second kappa shape index (κ2) is 4.47. The second-order valence-corrected chi connectivity index (χ2v) is 3.81. The van der Waals surface area contributed by atoms with Crippen LogP contribution in [0.25, 0.3) is 0 Å². The average molecular weight is 238 g/mol. The molecule has 0 saturated heterocycles. The first kappa shape index (κ1) is 10.9. The monoisotopic (exact) mass is 237 g/mol. The summed E-state index contributed by atoms with van der Waals surface area (Å²) in [6.07, 6.45) is 5.41. The Hall–Kier alpha value is -1.65. The number of halogens is 1. The van der Waals surface area contributed by atoms with Gasteiger partial charge in [-0.3, -0.25) is 0 Å². The topological polar surface area (TPSA) is 64.5 Å². The highest BCUT2D eigenvalue weighted by Crippen LogP contribution is 2.25. The van der Waals surface area contributed by atoms with Gasteiger partial charge in [0, 0.05) is 12.3 Å². The Bertz CT molecular complexity index is 457. The Labute approximate surface area is 98.7 Å². The summed E-state index contributed by atoms with van der Waals surface area (Å²) in [5.41, 5.74) is 6.14. The summed E-state index contributed by atoms with van der Waals surface area (Å²) in [5, 5.41) is 2.04. The normalized spacial score (nSPS) is 14.9. The molecular formula is C11H12ClN3O. The largest absolute Gasteiger partial charge is 0.458 e. The van der Waals surface area contributed by atoms with Gasteiger partial charge in [0.1, 0.15) is 11.5 Å². The Morgan fingerprint density at radius 3 is 2.81 bits per heavy atom. The van der Waals surface area contributed by atoms with E-state index < -0.39 is 0 Å². The van der Waals surface area contributed by atoms with E-state index in [4.69, 9.17) is 27.9 Å². The predicted octanol–water partition coefficient (Wildman–Crippen LogP) is 1.89. The van der Waals surface area contributed by atoms with Gasteiger partial charge in [-0.25, -0.2) is 5.84 Å². The third kappa shape index (κ3) is 2.48. The van der Waals surface area contributed by atoms with Crippen molar-refractivity contribution >= 4 is 17.3 Å². The maximum atomic E-state index is 5.88. The summed E-state index contributed by atoms with van der Waals surface area (Å²) < 4.78 is 5.59. The van der Waals surface area contributed by atoms with Crippen molar-refractivity contribution in [3.8, 4) is 5.75 Å². The molecule has 1 aromatic carbocycles. The van der Waals surface area contributed by atoms with Crippen molar-refractivity contribution in [2.45, 2.75) is 0 Å². The van der Waals surface area contributed by atoms with Crippen LogP contribution in [0, 0.1) is 0 Å². The van der Waals surface area contributed by atoms with E-state index in [2.05, 4.69) is 0 Å². The number of allylic oxidation sites excluding steroid dienone is 1. The number of hydrogen-bond acceptors (Lipinski definition) is 4. The van der Waals surface area contributed by atoms with Crippen LogP contribution in [0.15, 0.2) is 42.3 Å². The lowest BCUT2D eigenvalue weighted by Gasteiger charge is -2.17. The van der Waals surface area contributed by atoms with Gasteiger partial charge in [-0.05, 0) is 24.3 Å². The van der Waals surface area contributed by atoms with Crippen molar-refractivity contribution in [3.05, 3.63) is 47.3 Å². The fourth-order valence-electron chi connectivity index (χ4n) is 1.28. The molecule has 5 heteroatoms. The minimum Gasteiger partial charge on any atom is -0.458 e. The van der Waals surface area contributed by atoms with Gasteiger partial charge in [0.25, 0.3) is 0 Å². The molecule has 16 heavy (non-hydrogen) atoms. The Balaban J connectivity index is 2.10. The van der Waals surface area contributed by atoms with Crippen LogP contribution in [0.5, 0.6) is 5.75 Å². The lowest BCUT2D eigenvalue weighted by atomic mass is 10.3. The van der Waals surface area contributed by atoms with Crippen molar-refractivity contribution < 1.29 is 4.74 Å². The van der Waals surface area contributed by atoms with Gasteiger partial charge in [0.2, 0.25) is 0 Å². The smallest absolute Gasteiger partial charge is 0.129 e. The Kier molecular flexibility index (Phi) is 3.03. The summed E-state index contributed by atoms with van der Waals surface area (Å²) in [4.78, 5) is 0. The highest BCUT2D eigenvalue weighted by atomic mass is 35.5. The number of anilines is 1. The van der Waals surface area contributed by atoms with Crippen LogP contribution in [-0.4, -0.2) is 11.6 Å². The van der Waals surface area contributed by atoms with Crippen LogP contribution in [0.3, 0.4) is 0 Å². The molecule has 1 aromatic rings. The minimum atomic E-state index is 0.485.